The minimum absolute atomic E-state index is 0.174. The molecule has 168 valence electrons. The number of hydrogen-bond acceptors (Lipinski definition) is 7. The molecule has 0 radical (unpaired) electrons. The Morgan fingerprint density at radius 1 is 1.26 bits per heavy atom. The van der Waals surface area contributed by atoms with Crippen molar-refractivity contribution in [2.45, 2.75) is 44.7 Å². The summed E-state index contributed by atoms with van der Waals surface area (Å²) in [6.45, 7) is 9.52. The second-order valence-electron chi connectivity index (χ2n) is 8.69. The fraction of sp³-hybridized carbons (Fsp3) is 0.522. The Hall–Kier alpha value is -2.16. The lowest BCUT2D eigenvalue weighted by Crippen LogP contribution is -2.41. The van der Waals surface area contributed by atoms with Crippen LogP contribution >= 0.6 is 0 Å². The quantitative estimate of drug-likeness (QED) is 0.729. The summed E-state index contributed by atoms with van der Waals surface area (Å²) in [6, 6.07) is 8.00. The van der Waals surface area contributed by atoms with Gasteiger partial charge in [0.05, 0.1) is 53.4 Å². The molecule has 1 fully saturated rings. The van der Waals surface area contributed by atoms with Gasteiger partial charge in [0, 0.05) is 30.3 Å². The van der Waals surface area contributed by atoms with Gasteiger partial charge in [0.1, 0.15) is 5.75 Å². The fourth-order valence-electron chi connectivity index (χ4n) is 3.86. The third-order valence-corrected chi connectivity index (χ3v) is 7.28. The molecule has 2 atom stereocenters. The van der Waals surface area contributed by atoms with Crippen LogP contribution in [0.2, 0.25) is 0 Å². The first kappa shape index (κ1) is 22.0. The van der Waals surface area contributed by atoms with Crippen molar-refractivity contribution in [2.24, 2.45) is 5.92 Å². The highest BCUT2D eigenvalue weighted by atomic mass is 32.2. The summed E-state index contributed by atoms with van der Waals surface area (Å²) in [5.74, 6) is 0.801. The van der Waals surface area contributed by atoms with Crippen molar-refractivity contribution >= 4 is 22.2 Å². The molecule has 0 amide bonds. The Balaban J connectivity index is 1.42. The number of para-hydroxylation sites is 2. The lowest BCUT2D eigenvalue weighted by atomic mass is 10.1. The summed E-state index contributed by atoms with van der Waals surface area (Å²) < 4.78 is 30.8. The van der Waals surface area contributed by atoms with Gasteiger partial charge in [-0.25, -0.2) is 0 Å². The van der Waals surface area contributed by atoms with Gasteiger partial charge in [0.15, 0.2) is 11.3 Å². The van der Waals surface area contributed by atoms with Gasteiger partial charge < -0.3 is 24.4 Å². The summed E-state index contributed by atoms with van der Waals surface area (Å²) >= 11 is 0. The van der Waals surface area contributed by atoms with Crippen LogP contribution in [0.25, 0.3) is 0 Å². The van der Waals surface area contributed by atoms with Gasteiger partial charge in [0.25, 0.3) is 0 Å². The predicted molar refractivity (Wildman–Crippen MR) is 123 cm³/mol. The number of ether oxygens (including phenoxy) is 3. The molecule has 4 rings (SSSR count). The number of hydrogen-bond donors (Lipinski definition) is 1. The SMILES string of the molecule is Cc1cnc(CS(=O)C2Nc3ccccc3N2C)c(C)c1OCC1COC(C)(C)OC1. The number of nitrogens with one attached hydrogen (secondary N) is 1. The van der Waals surface area contributed by atoms with Gasteiger partial charge in [-0.2, -0.15) is 0 Å². The Morgan fingerprint density at radius 3 is 2.68 bits per heavy atom. The number of nitrogens with zero attached hydrogens (tertiary/aromatic N) is 2. The zero-order chi connectivity index (χ0) is 22.2. The van der Waals surface area contributed by atoms with E-state index < -0.39 is 16.6 Å². The minimum Gasteiger partial charge on any atom is -0.492 e. The summed E-state index contributed by atoms with van der Waals surface area (Å²) in [5, 5.41) is 3.36. The zero-order valence-corrected chi connectivity index (χ0v) is 19.6. The first-order valence-corrected chi connectivity index (χ1v) is 11.9. The van der Waals surface area contributed by atoms with Gasteiger partial charge in [-0.3, -0.25) is 9.19 Å². The van der Waals surface area contributed by atoms with E-state index >= 15 is 0 Å². The molecular weight excluding hydrogens is 414 g/mol. The highest BCUT2D eigenvalue weighted by Gasteiger charge is 2.31. The molecule has 8 heteroatoms. The molecule has 7 nitrogen and oxygen atoms in total. The molecule has 3 heterocycles. The highest BCUT2D eigenvalue weighted by molar-refractivity contribution is 7.85. The topological polar surface area (TPSA) is 72.9 Å². The number of pyridine rings is 1. The van der Waals surface area contributed by atoms with Gasteiger partial charge in [-0.15, -0.1) is 0 Å². The Labute approximate surface area is 186 Å². The molecule has 0 spiro atoms. The van der Waals surface area contributed by atoms with Crippen molar-refractivity contribution in [1.29, 1.82) is 0 Å². The van der Waals surface area contributed by atoms with Crippen molar-refractivity contribution in [2.75, 3.05) is 37.1 Å². The Kier molecular flexibility index (Phi) is 6.23. The summed E-state index contributed by atoms with van der Waals surface area (Å²) in [5.41, 5.74) is 4.46. The van der Waals surface area contributed by atoms with E-state index in [1.54, 1.807) is 6.20 Å². The monoisotopic (exact) mass is 445 g/mol. The number of aromatic nitrogens is 1. The molecule has 0 saturated carbocycles. The molecule has 2 aliphatic rings. The summed E-state index contributed by atoms with van der Waals surface area (Å²) in [4.78, 5) is 6.59. The van der Waals surface area contributed by atoms with Gasteiger partial charge in [-0.1, -0.05) is 12.1 Å². The van der Waals surface area contributed by atoms with E-state index in [1.807, 2.05) is 63.9 Å². The van der Waals surface area contributed by atoms with Crippen molar-refractivity contribution in [1.82, 2.24) is 4.98 Å². The zero-order valence-electron chi connectivity index (χ0n) is 18.8. The van der Waals surface area contributed by atoms with Crippen LogP contribution in [0.4, 0.5) is 11.4 Å². The van der Waals surface area contributed by atoms with E-state index in [2.05, 4.69) is 10.3 Å². The first-order chi connectivity index (χ1) is 14.7. The van der Waals surface area contributed by atoms with E-state index in [4.69, 9.17) is 14.2 Å². The molecule has 2 aliphatic heterocycles. The molecule has 31 heavy (non-hydrogen) atoms. The molecule has 1 N–H and O–H groups in total. The molecule has 2 unspecified atom stereocenters. The van der Waals surface area contributed by atoms with Crippen LogP contribution < -0.4 is 15.0 Å². The van der Waals surface area contributed by atoms with E-state index in [0.29, 0.717) is 25.6 Å². The lowest BCUT2D eigenvalue weighted by molar-refractivity contribution is -0.264. The number of benzene rings is 1. The summed E-state index contributed by atoms with van der Waals surface area (Å²) in [6.07, 6.45) is 1.80. The average Bonchev–Trinajstić information content (AvgIpc) is 3.08. The molecule has 1 aromatic carbocycles. The third-order valence-electron chi connectivity index (χ3n) is 5.79. The van der Waals surface area contributed by atoms with Crippen molar-refractivity contribution in [3.63, 3.8) is 0 Å². The second-order valence-corrected chi connectivity index (χ2v) is 10.2. The molecule has 1 saturated heterocycles. The normalized spacial score (nSPS) is 21.5. The van der Waals surface area contributed by atoms with Gasteiger partial charge >= 0.3 is 0 Å². The van der Waals surface area contributed by atoms with Crippen LogP contribution in [-0.4, -0.2) is 47.3 Å². The number of rotatable bonds is 6. The first-order valence-electron chi connectivity index (χ1n) is 10.6. The second kappa shape index (κ2) is 8.76. The van der Waals surface area contributed by atoms with Crippen molar-refractivity contribution < 1.29 is 18.4 Å². The van der Waals surface area contributed by atoms with Crippen LogP contribution in [0.15, 0.2) is 30.5 Å². The number of aryl methyl sites for hydroxylation is 1. The van der Waals surface area contributed by atoms with Crippen LogP contribution in [-0.2, 0) is 26.0 Å². The Morgan fingerprint density at radius 2 is 1.97 bits per heavy atom. The summed E-state index contributed by atoms with van der Waals surface area (Å²) in [7, 11) is 0.771. The molecule has 0 bridgehead atoms. The fourth-order valence-corrected chi connectivity index (χ4v) is 5.31. The minimum atomic E-state index is -1.19. The van der Waals surface area contributed by atoms with Crippen LogP contribution in [0, 0.1) is 19.8 Å². The van der Waals surface area contributed by atoms with Crippen LogP contribution in [0.5, 0.6) is 5.75 Å². The molecule has 0 aliphatic carbocycles. The third kappa shape index (κ3) is 4.71. The van der Waals surface area contributed by atoms with E-state index in [-0.39, 0.29) is 11.4 Å². The standard InChI is InChI=1S/C23H31N3O4S/c1-15-10-24-19(14-31(27)22-25-18-8-6-7-9-20(18)26(22)5)16(2)21(15)28-11-17-12-29-23(3,4)30-13-17/h6-10,17,22,25H,11-14H2,1-5H3. The molecule has 2 aromatic rings. The van der Waals surface area contributed by atoms with Crippen molar-refractivity contribution in [3.05, 3.63) is 47.3 Å². The smallest absolute Gasteiger partial charge is 0.178 e. The van der Waals surface area contributed by atoms with Crippen LogP contribution in [0.1, 0.15) is 30.7 Å². The van der Waals surface area contributed by atoms with E-state index in [9.17, 15) is 4.21 Å². The van der Waals surface area contributed by atoms with E-state index in [0.717, 1.165) is 33.9 Å². The van der Waals surface area contributed by atoms with Gasteiger partial charge in [-0.05, 0) is 39.8 Å². The number of fused-ring (bicyclic) bond motifs is 1. The molecule has 1 aromatic heterocycles. The van der Waals surface area contributed by atoms with Crippen LogP contribution in [0.3, 0.4) is 0 Å². The Bertz CT molecular complexity index is 971. The maximum Gasteiger partial charge on any atom is 0.178 e. The highest BCUT2D eigenvalue weighted by Crippen LogP contribution is 2.35. The van der Waals surface area contributed by atoms with Crippen molar-refractivity contribution in [3.8, 4) is 5.75 Å². The number of anilines is 2. The largest absolute Gasteiger partial charge is 0.492 e. The predicted octanol–water partition coefficient (Wildman–Crippen LogP) is 3.57. The maximum atomic E-state index is 13.2. The lowest BCUT2D eigenvalue weighted by Gasteiger charge is -2.34. The maximum absolute atomic E-state index is 13.2. The van der Waals surface area contributed by atoms with E-state index in [1.165, 1.54) is 0 Å². The molecular formula is C23H31N3O4S. The average molecular weight is 446 g/mol. The van der Waals surface area contributed by atoms with Gasteiger partial charge in [0.2, 0.25) is 0 Å².